The first-order chi connectivity index (χ1) is 11.6. The van der Waals surface area contributed by atoms with E-state index in [1.165, 1.54) is 6.21 Å². The Bertz CT molecular complexity index is 865. The van der Waals surface area contributed by atoms with Gasteiger partial charge in [0.2, 0.25) is 0 Å². The van der Waals surface area contributed by atoms with Gasteiger partial charge >= 0.3 is 0 Å². The van der Waals surface area contributed by atoms with E-state index in [-0.39, 0.29) is 6.04 Å². The fraction of sp³-hybridized carbons (Fsp3) is 0.167. The first kappa shape index (κ1) is 15.9. The molecule has 1 unspecified atom stereocenters. The molecule has 6 nitrogen and oxygen atoms in total. The molecule has 24 heavy (non-hydrogen) atoms. The number of nitrogens with one attached hydrogen (secondary N) is 2. The number of aromatic nitrogens is 3. The summed E-state index contributed by atoms with van der Waals surface area (Å²) in [6.07, 6.45) is 4.93. The van der Waals surface area contributed by atoms with Gasteiger partial charge in [-0.1, -0.05) is 18.2 Å². The lowest BCUT2D eigenvalue weighted by molar-refractivity contribution is 0.782. The van der Waals surface area contributed by atoms with Crippen LogP contribution in [-0.2, 0) is 7.05 Å². The van der Waals surface area contributed by atoms with Gasteiger partial charge in [-0.15, -0.1) is 0 Å². The lowest BCUT2D eigenvalue weighted by Crippen LogP contribution is -2.07. The lowest BCUT2D eigenvalue weighted by Gasteiger charge is -2.11. The Morgan fingerprint density at radius 2 is 2.12 bits per heavy atom. The number of imidazole rings is 1. The van der Waals surface area contributed by atoms with Crippen molar-refractivity contribution in [2.75, 3.05) is 5.32 Å². The number of hydrogen-bond acceptors (Lipinski definition) is 5. The maximum absolute atomic E-state index is 7.60. The number of anilines is 2. The van der Waals surface area contributed by atoms with Crippen LogP contribution < -0.4 is 11.1 Å². The van der Waals surface area contributed by atoms with E-state index in [0.29, 0.717) is 0 Å². The summed E-state index contributed by atoms with van der Waals surface area (Å²) in [4.78, 5) is 8.89. The molecule has 0 saturated heterocycles. The van der Waals surface area contributed by atoms with E-state index < -0.39 is 0 Å². The van der Waals surface area contributed by atoms with E-state index in [2.05, 4.69) is 15.3 Å². The van der Waals surface area contributed by atoms with Crippen LogP contribution in [-0.4, -0.2) is 20.7 Å². The molecule has 0 radical (unpaired) electrons. The van der Waals surface area contributed by atoms with Gasteiger partial charge in [0.05, 0.1) is 17.7 Å². The van der Waals surface area contributed by atoms with Crippen molar-refractivity contribution in [1.82, 2.24) is 14.5 Å². The molecule has 4 N–H and O–H groups in total. The number of nitrogens with zero attached hydrogens (tertiary/aromatic N) is 3. The minimum atomic E-state index is -0.114. The van der Waals surface area contributed by atoms with Gasteiger partial charge in [0.15, 0.2) is 0 Å². The molecule has 0 aliphatic heterocycles. The zero-order valence-corrected chi connectivity index (χ0v) is 13.7. The normalized spacial score (nSPS) is 12.0. The molecule has 0 aliphatic carbocycles. The van der Waals surface area contributed by atoms with Gasteiger partial charge in [-0.05, 0) is 25.1 Å². The Morgan fingerprint density at radius 1 is 1.29 bits per heavy atom. The van der Waals surface area contributed by atoms with Crippen LogP contribution in [0, 0.1) is 5.41 Å². The molecule has 1 aromatic carbocycles. The fourth-order valence-corrected chi connectivity index (χ4v) is 2.43. The van der Waals surface area contributed by atoms with Crippen LogP contribution in [0.1, 0.15) is 24.2 Å². The van der Waals surface area contributed by atoms with E-state index in [1.807, 2.05) is 61.1 Å². The maximum Gasteiger partial charge on any atom is 0.148 e. The molecule has 2 heterocycles. The van der Waals surface area contributed by atoms with Gasteiger partial charge in [-0.2, -0.15) is 0 Å². The Hall–Kier alpha value is -2.99. The Morgan fingerprint density at radius 3 is 2.79 bits per heavy atom. The molecule has 0 bridgehead atoms. The van der Waals surface area contributed by atoms with E-state index in [1.54, 1.807) is 6.33 Å². The van der Waals surface area contributed by atoms with E-state index >= 15 is 0 Å². The Balaban J connectivity index is 1.99. The highest BCUT2D eigenvalue weighted by molar-refractivity contribution is 5.89. The molecule has 2 aromatic heterocycles. The summed E-state index contributed by atoms with van der Waals surface area (Å²) in [5, 5.41) is 10.9. The van der Waals surface area contributed by atoms with Crippen molar-refractivity contribution in [2.24, 2.45) is 12.8 Å². The SMILES string of the molecule is CC(N)c1cccc(-c2ccc(C=N)c(Nc3cn(C)cn3)c2)n1. The second kappa shape index (κ2) is 6.64. The minimum Gasteiger partial charge on any atom is -0.338 e. The number of aryl methyl sites for hydroxylation is 1. The van der Waals surface area contributed by atoms with Gasteiger partial charge in [0.25, 0.3) is 0 Å². The summed E-state index contributed by atoms with van der Waals surface area (Å²) in [7, 11) is 1.91. The number of hydrogen-bond donors (Lipinski definition) is 3. The topological polar surface area (TPSA) is 92.6 Å². The molecule has 122 valence electrons. The molecule has 6 heteroatoms. The molecular weight excluding hydrogens is 300 g/mol. The Labute approximate surface area is 140 Å². The zero-order chi connectivity index (χ0) is 17.1. The molecule has 0 fully saturated rings. The largest absolute Gasteiger partial charge is 0.338 e. The fourth-order valence-electron chi connectivity index (χ4n) is 2.43. The third-order valence-corrected chi connectivity index (χ3v) is 3.71. The van der Waals surface area contributed by atoms with E-state index in [4.69, 9.17) is 11.1 Å². The first-order valence-electron chi connectivity index (χ1n) is 7.69. The summed E-state index contributed by atoms with van der Waals surface area (Å²) in [6, 6.07) is 11.5. The van der Waals surface area contributed by atoms with Crippen LogP contribution in [0.5, 0.6) is 0 Å². The maximum atomic E-state index is 7.60. The monoisotopic (exact) mass is 320 g/mol. The second-order valence-electron chi connectivity index (χ2n) is 5.73. The van der Waals surface area contributed by atoms with Crippen molar-refractivity contribution < 1.29 is 0 Å². The first-order valence-corrected chi connectivity index (χ1v) is 7.69. The summed E-state index contributed by atoms with van der Waals surface area (Å²) in [6.45, 7) is 1.92. The standard InChI is InChI=1S/C18H20N6/c1-12(20)15-4-3-5-16(22-15)13-6-7-14(9-19)17(8-13)23-18-10-24(2)11-21-18/h3-12,19,23H,20H2,1-2H3. The molecule has 0 saturated carbocycles. The van der Waals surface area contributed by atoms with Crippen LogP contribution in [0.2, 0.25) is 0 Å². The molecule has 3 aromatic rings. The number of nitrogens with two attached hydrogens (primary N) is 1. The summed E-state index contributed by atoms with van der Waals surface area (Å²) >= 11 is 0. The predicted octanol–water partition coefficient (Wildman–Crippen LogP) is 3.24. The molecule has 0 aliphatic rings. The number of rotatable bonds is 5. The quantitative estimate of drug-likeness (QED) is 0.629. The van der Waals surface area contributed by atoms with Crippen LogP contribution in [0.3, 0.4) is 0 Å². The van der Waals surface area contributed by atoms with Crippen LogP contribution >= 0.6 is 0 Å². The van der Waals surface area contributed by atoms with Gasteiger partial charge in [0, 0.05) is 42.3 Å². The van der Waals surface area contributed by atoms with Crippen molar-refractivity contribution in [1.29, 1.82) is 5.41 Å². The summed E-state index contributed by atoms with van der Waals surface area (Å²) in [5.41, 5.74) is 10.2. The van der Waals surface area contributed by atoms with Gasteiger partial charge in [-0.3, -0.25) is 4.98 Å². The highest BCUT2D eigenvalue weighted by Crippen LogP contribution is 2.26. The summed E-state index contributed by atoms with van der Waals surface area (Å²) in [5.74, 6) is 0.732. The smallest absolute Gasteiger partial charge is 0.148 e. The molecule has 3 rings (SSSR count). The van der Waals surface area contributed by atoms with Crippen molar-refractivity contribution >= 4 is 17.7 Å². The molecule has 0 amide bonds. The molecular formula is C18H20N6. The number of benzene rings is 1. The van der Waals surface area contributed by atoms with Gasteiger partial charge in [0.1, 0.15) is 5.82 Å². The predicted molar refractivity (Wildman–Crippen MR) is 96.7 cm³/mol. The van der Waals surface area contributed by atoms with E-state index in [0.717, 1.165) is 34.0 Å². The Kier molecular flexibility index (Phi) is 4.39. The van der Waals surface area contributed by atoms with Crippen LogP contribution in [0.4, 0.5) is 11.5 Å². The average Bonchev–Trinajstić information content (AvgIpc) is 3.00. The third kappa shape index (κ3) is 3.33. The van der Waals surface area contributed by atoms with Gasteiger partial charge in [-0.25, -0.2) is 4.98 Å². The van der Waals surface area contributed by atoms with Gasteiger partial charge < -0.3 is 21.0 Å². The van der Waals surface area contributed by atoms with E-state index in [9.17, 15) is 0 Å². The van der Waals surface area contributed by atoms with Crippen molar-refractivity contribution in [3.05, 3.63) is 60.2 Å². The average molecular weight is 320 g/mol. The lowest BCUT2D eigenvalue weighted by atomic mass is 10.1. The zero-order valence-electron chi connectivity index (χ0n) is 13.7. The second-order valence-corrected chi connectivity index (χ2v) is 5.73. The van der Waals surface area contributed by atoms with Crippen molar-refractivity contribution in [3.8, 4) is 11.3 Å². The number of pyridine rings is 1. The van der Waals surface area contributed by atoms with Crippen molar-refractivity contribution in [2.45, 2.75) is 13.0 Å². The summed E-state index contributed by atoms with van der Waals surface area (Å²) < 4.78 is 1.87. The minimum absolute atomic E-state index is 0.114. The third-order valence-electron chi connectivity index (χ3n) is 3.71. The van der Waals surface area contributed by atoms with Crippen LogP contribution in [0.15, 0.2) is 48.9 Å². The van der Waals surface area contributed by atoms with Crippen LogP contribution in [0.25, 0.3) is 11.3 Å². The molecule has 0 spiro atoms. The highest BCUT2D eigenvalue weighted by Gasteiger charge is 2.08. The van der Waals surface area contributed by atoms with Crippen molar-refractivity contribution in [3.63, 3.8) is 0 Å². The highest BCUT2D eigenvalue weighted by atomic mass is 15.1. The molecule has 1 atom stereocenters.